The summed E-state index contributed by atoms with van der Waals surface area (Å²) in [5, 5.41) is 0. The number of carbonyl (C=O) groups is 1. The third kappa shape index (κ3) is 7.99. The first kappa shape index (κ1) is 17.9. The Labute approximate surface area is 130 Å². The van der Waals surface area contributed by atoms with Gasteiger partial charge in [-0.15, -0.1) is 0 Å². The van der Waals surface area contributed by atoms with Gasteiger partial charge in [-0.2, -0.15) is 0 Å². The highest BCUT2D eigenvalue weighted by Gasteiger charge is 2.08. The second-order valence-electron chi connectivity index (χ2n) is 6.05. The topological polar surface area (TPSA) is 30.0 Å². The fourth-order valence-electron chi connectivity index (χ4n) is 2.66. The van der Waals surface area contributed by atoms with Crippen molar-refractivity contribution in [3.05, 3.63) is 29.6 Å². The van der Waals surface area contributed by atoms with Crippen LogP contribution < -0.4 is 0 Å². The molecular weight excluding hydrogens is 258 g/mol. The summed E-state index contributed by atoms with van der Waals surface area (Å²) in [7, 11) is 0. The van der Waals surface area contributed by atoms with Crippen molar-refractivity contribution in [2.45, 2.75) is 84.5 Å². The molecule has 0 aliphatic heterocycles. The van der Waals surface area contributed by atoms with Gasteiger partial charge in [0.1, 0.15) is 0 Å². The van der Waals surface area contributed by atoms with Crippen LogP contribution in [-0.2, 0) is 0 Å². The number of aromatic nitrogens is 1. The summed E-state index contributed by atoms with van der Waals surface area (Å²) in [5.41, 5.74) is 1.84. The van der Waals surface area contributed by atoms with Crippen LogP contribution in [0.3, 0.4) is 0 Å². The van der Waals surface area contributed by atoms with Gasteiger partial charge in [-0.3, -0.25) is 9.78 Å². The molecule has 0 aromatic carbocycles. The molecule has 2 nitrogen and oxygen atoms in total. The van der Waals surface area contributed by atoms with Crippen LogP contribution in [0, 0.1) is 6.92 Å². The van der Waals surface area contributed by atoms with E-state index in [9.17, 15) is 4.79 Å². The minimum absolute atomic E-state index is 0.250. The van der Waals surface area contributed by atoms with E-state index in [2.05, 4.69) is 11.9 Å². The SMILES string of the molecule is CCCCCCCCCCCCC(=O)c1cnccc1C. The summed E-state index contributed by atoms with van der Waals surface area (Å²) in [5.74, 6) is 0.250. The van der Waals surface area contributed by atoms with E-state index in [-0.39, 0.29) is 5.78 Å². The van der Waals surface area contributed by atoms with Crippen molar-refractivity contribution in [1.29, 1.82) is 0 Å². The smallest absolute Gasteiger partial charge is 0.164 e. The van der Waals surface area contributed by atoms with Gasteiger partial charge in [-0.05, 0) is 25.0 Å². The van der Waals surface area contributed by atoms with Crippen molar-refractivity contribution in [3.8, 4) is 0 Å². The molecule has 0 fully saturated rings. The van der Waals surface area contributed by atoms with Crippen molar-refractivity contribution in [2.24, 2.45) is 0 Å². The highest BCUT2D eigenvalue weighted by molar-refractivity contribution is 5.97. The average Bonchev–Trinajstić information content (AvgIpc) is 2.49. The lowest BCUT2D eigenvalue weighted by atomic mass is 10.0. The number of carbonyl (C=O) groups excluding carboxylic acids is 1. The number of ketones is 1. The predicted octanol–water partition coefficient (Wildman–Crippen LogP) is 5.88. The summed E-state index contributed by atoms with van der Waals surface area (Å²) < 4.78 is 0. The summed E-state index contributed by atoms with van der Waals surface area (Å²) in [6.45, 7) is 4.24. The molecule has 0 saturated carbocycles. The Morgan fingerprint density at radius 3 is 2.10 bits per heavy atom. The van der Waals surface area contributed by atoms with Gasteiger partial charge in [0.05, 0.1) is 0 Å². The number of hydrogen-bond acceptors (Lipinski definition) is 2. The quantitative estimate of drug-likeness (QED) is 0.355. The molecule has 0 aliphatic rings. The number of Topliss-reactive ketones (excluding diaryl/α,β-unsaturated/α-hetero) is 1. The highest BCUT2D eigenvalue weighted by atomic mass is 16.1. The van der Waals surface area contributed by atoms with E-state index in [1.165, 1.54) is 57.8 Å². The predicted molar refractivity (Wildman–Crippen MR) is 89.8 cm³/mol. The van der Waals surface area contributed by atoms with Crippen molar-refractivity contribution in [3.63, 3.8) is 0 Å². The molecule has 1 aromatic rings. The monoisotopic (exact) mass is 289 g/mol. The highest BCUT2D eigenvalue weighted by Crippen LogP contribution is 2.14. The molecule has 1 aromatic heterocycles. The van der Waals surface area contributed by atoms with E-state index in [1.807, 2.05) is 13.0 Å². The molecule has 0 bridgehead atoms. The maximum atomic E-state index is 12.1. The fourth-order valence-corrected chi connectivity index (χ4v) is 2.66. The maximum Gasteiger partial charge on any atom is 0.164 e. The normalized spacial score (nSPS) is 10.8. The van der Waals surface area contributed by atoms with Gasteiger partial charge in [0.2, 0.25) is 0 Å². The van der Waals surface area contributed by atoms with Crippen molar-refractivity contribution >= 4 is 5.78 Å². The number of unbranched alkanes of at least 4 members (excludes halogenated alkanes) is 9. The Balaban J connectivity index is 1.99. The number of nitrogens with zero attached hydrogens (tertiary/aromatic N) is 1. The third-order valence-corrected chi connectivity index (χ3v) is 4.10. The molecule has 0 unspecified atom stereocenters. The molecule has 21 heavy (non-hydrogen) atoms. The summed E-state index contributed by atoms with van der Waals surface area (Å²) in [4.78, 5) is 16.1. The van der Waals surface area contributed by atoms with Gasteiger partial charge in [0.15, 0.2) is 5.78 Å². The second-order valence-corrected chi connectivity index (χ2v) is 6.05. The lowest BCUT2D eigenvalue weighted by Crippen LogP contribution is -2.02. The van der Waals surface area contributed by atoms with Gasteiger partial charge in [0.25, 0.3) is 0 Å². The van der Waals surface area contributed by atoms with E-state index >= 15 is 0 Å². The van der Waals surface area contributed by atoms with E-state index in [4.69, 9.17) is 0 Å². The second kappa shape index (κ2) is 11.5. The van der Waals surface area contributed by atoms with Gasteiger partial charge in [-0.25, -0.2) is 0 Å². The van der Waals surface area contributed by atoms with Crippen LogP contribution in [-0.4, -0.2) is 10.8 Å². The third-order valence-electron chi connectivity index (χ3n) is 4.10. The Bertz CT molecular complexity index is 400. The molecule has 2 heteroatoms. The zero-order chi connectivity index (χ0) is 15.3. The molecule has 118 valence electrons. The molecule has 0 spiro atoms. The Hall–Kier alpha value is -1.18. The summed E-state index contributed by atoms with van der Waals surface area (Å²) in [6.07, 6.45) is 17.2. The van der Waals surface area contributed by atoms with E-state index in [1.54, 1.807) is 12.4 Å². The number of hydrogen-bond donors (Lipinski definition) is 0. The van der Waals surface area contributed by atoms with Crippen LogP contribution in [0.5, 0.6) is 0 Å². The zero-order valence-corrected chi connectivity index (χ0v) is 13.9. The van der Waals surface area contributed by atoms with Crippen LogP contribution in [0.4, 0.5) is 0 Å². The van der Waals surface area contributed by atoms with Crippen molar-refractivity contribution < 1.29 is 4.79 Å². The molecule has 0 atom stereocenters. The number of aryl methyl sites for hydroxylation is 1. The van der Waals surface area contributed by atoms with E-state index < -0.39 is 0 Å². The van der Waals surface area contributed by atoms with Gasteiger partial charge in [-0.1, -0.05) is 64.7 Å². The van der Waals surface area contributed by atoms with Gasteiger partial charge >= 0.3 is 0 Å². The van der Waals surface area contributed by atoms with Crippen LogP contribution in [0.2, 0.25) is 0 Å². The first-order valence-electron chi connectivity index (χ1n) is 8.69. The molecule has 0 N–H and O–H groups in total. The first-order chi connectivity index (χ1) is 10.3. The molecule has 0 aliphatic carbocycles. The number of pyridine rings is 1. The molecular formula is C19H31NO. The molecule has 0 radical (unpaired) electrons. The summed E-state index contributed by atoms with van der Waals surface area (Å²) >= 11 is 0. The zero-order valence-electron chi connectivity index (χ0n) is 13.9. The largest absolute Gasteiger partial charge is 0.294 e. The van der Waals surface area contributed by atoms with Gasteiger partial charge in [0, 0.05) is 24.4 Å². The van der Waals surface area contributed by atoms with Gasteiger partial charge < -0.3 is 0 Å². The lowest BCUT2D eigenvalue weighted by molar-refractivity contribution is 0.0978. The van der Waals surface area contributed by atoms with E-state index in [0.717, 1.165) is 17.5 Å². The Morgan fingerprint density at radius 2 is 1.52 bits per heavy atom. The van der Waals surface area contributed by atoms with Crippen molar-refractivity contribution in [1.82, 2.24) is 4.98 Å². The first-order valence-corrected chi connectivity index (χ1v) is 8.69. The fraction of sp³-hybridized carbons (Fsp3) is 0.684. The molecule has 0 saturated heterocycles. The average molecular weight is 289 g/mol. The minimum Gasteiger partial charge on any atom is -0.294 e. The summed E-state index contributed by atoms with van der Waals surface area (Å²) in [6, 6.07) is 1.91. The molecule has 0 amide bonds. The molecule has 1 rings (SSSR count). The van der Waals surface area contributed by atoms with Crippen LogP contribution in [0.25, 0.3) is 0 Å². The van der Waals surface area contributed by atoms with Crippen LogP contribution in [0.1, 0.15) is 93.5 Å². The number of rotatable bonds is 12. The minimum atomic E-state index is 0.250. The standard InChI is InChI=1S/C19H31NO/c1-3-4-5-6-7-8-9-10-11-12-13-19(21)18-16-20-15-14-17(18)2/h14-16H,3-13H2,1-2H3. The lowest BCUT2D eigenvalue weighted by Gasteiger charge is -2.04. The molecule has 1 heterocycles. The van der Waals surface area contributed by atoms with Crippen molar-refractivity contribution in [2.75, 3.05) is 0 Å². The Morgan fingerprint density at radius 1 is 0.952 bits per heavy atom. The van der Waals surface area contributed by atoms with Crippen LogP contribution in [0.15, 0.2) is 18.5 Å². The van der Waals surface area contributed by atoms with E-state index in [0.29, 0.717) is 6.42 Å². The Kier molecular flexibility index (Phi) is 9.77. The maximum absolute atomic E-state index is 12.1. The van der Waals surface area contributed by atoms with Crippen LogP contribution >= 0.6 is 0 Å².